The quantitative estimate of drug-likeness (QED) is 0.566. The predicted octanol–water partition coefficient (Wildman–Crippen LogP) is 1.40. The zero-order chi connectivity index (χ0) is 13.5. The number of hydrogen-bond donors (Lipinski definition) is 0. The highest BCUT2D eigenvalue weighted by atomic mass is 16.6. The Balaban J connectivity index is 2.13. The molecule has 104 valence electrons. The fourth-order valence-corrected chi connectivity index (χ4v) is 1.59. The van der Waals surface area contributed by atoms with Gasteiger partial charge in [0.2, 0.25) is 0 Å². The van der Waals surface area contributed by atoms with Crippen LogP contribution in [-0.2, 0) is 9.47 Å². The van der Waals surface area contributed by atoms with Crippen molar-refractivity contribution in [2.75, 3.05) is 39.6 Å². The third kappa shape index (κ3) is 4.08. The maximum absolute atomic E-state index is 10.7. The summed E-state index contributed by atoms with van der Waals surface area (Å²) in [6.45, 7) is 2.48. The maximum Gasteiger partial charge on any atom is 0.273 e. The summed E-state index contributed by atoms with van der Waals surface area (Å²) in [7, 11) is 0. The minimum atomic E-state index is -0.473. The van der Waals surface area contributed by atoms with Crippen molar-refractivity contribution in [1.29, 1.82) is 0 Å². The Kier molecular flexibility index (Phi) is 4.93. The summed E-state index contributed by atoms with van der Waals surface area (Å²) < 4.78 is 21.5. The van der Waals surface area contributed by atoms with E-state index in [2.05, 4.69) is 0 Å². The number of fused-ring (bicyclic) bond motifs is 1. The van der Waals surface area contributed by atoms with Gasteiger partial charge >= 0.3 is 0 Å². The van der Waals surface area contributed by atoms with Gasteiger partial charge in [-0.3, -0.25) is 10.1 Å². The minimum Gasteiger partial charge on any atom is -0.487 e. The van der Waals surface area contributed by atoms with Crippen molar-refractivity contribution in [3.63, 3.8) is 0 Å². The summed E-state index contributed by atoms with van der Waals surface area (Å²) in [5.41, 5.74) is -0.0355. The number of hydrogen-bond acceptors (Lipinski definition) is 6. The van der Waals surface area contributed by atoms with Crippen LogP contribution in [0.25, 0.3) is 0 Å². The van der Waals surface area contributed by atoms with E-state index in [1.807, 2.05) is 0 Å². The highest BCUT2D eigenvalue weighted by Crippen LogP contribution is 2.31. The van der Waals surface area contributed by atoms with Crippen LogP contribution in [0, 0.1) is 10.1 Å². The maximum atomic E-state index is 10.7. The van der Waals surface area contributed by atoms with Gasteiger partial charge in [0.1, 0.15) is 13.2 Å². The molecule has 1 heterocycles. The number of non-ortho nitro benzene ring substituents is 1. The summed E-state index contributed by atoms with van der Waals surface area (Å²) in [5, 5.41) is 10.7. The molecule has 0 fully saturated rings. The lowest BCUT2D eigenvalue weighted by Gasteiger charge is -2.14. The van der Waals surface area contributed by atoms with E-state index < -0.39 is 4.92 Å². The van der Waals surface area contributed by atoms with E-state index in [1.165, 1.54) is 18.2 Å². The Morgan fingerprint density at radius 1 is 0.895 bits per heavy atom. The molecule has 0 saturated heterocycles. The summed E-state index contributed by atoms with van der Waals surface area (Å²) >= 11 is 0. The molecule has 0 unspecified atom stereocenters. The number of nitrogens with zero attached hydrogens (tertiary/aromatic N) is 1. The Morgan fingerprint density at radius 3 is 2.11 bits per heavy atom. The second-order valence-electron chi connectivity index (χ2n) is 3.81. The molecule has 0 atom stereocenters. The average Bonchev–Trinajstić information content (AvgIpc) is 2.39. The molecular weight excluding hydrogens is 254 g/mol. The number of ether oxygens (including phenoxy) is 4. The first-order chi connectivity index (χ1) is 9.27. The van der Waals surface area contributed by atoms with Crippen LogP contribution in [0.3, 0.4) is 0 Å². The topological polar surface area (TPSA) is 80.1 Å². The lowest BCUT2D eigenvalue weighted by atomic mass is 10.3. The van der Waals surface area contributed by atoms with Gasteiger partial charge in [0.25, 0.3) is 5.69 Å². The molecule has 0 amide bonds. The Labute approximate surface area is 110 Å². The number of nitro benzene ring substituents is 1. The van der Waals surface area contributed by atoms with Crippen molar-refractivity contribution in [2.45, 2.75) is 0 Å². The van der Waals surface area contributed by atoms with Crippen molar-refractivity contribution in [1.82, 2.24) is 0 Å². The SMILES string of the molecule is O=[N+]([O-])c1ccc2c(c1)OCCOCCOCCO2. The predicted molar refractivity (Wildman–Crippen MR) is 65.7 cm³/mol. The van der Waals surface area contributed by atoms with Crippen LogP contribution in [0.1, 0.15) is 0 Å². The lowest BCUT2D eigenvalue weighted by Crippen LogP contribution is -2.15. The van der Waals surface area contributed by atoms with Crippen LogP contribution >= 0.6 is 0 Å². The van der Waals surface area contributed by atoms with E-state index in [4.69, 9.17) is 18.9 Å². The van der Waals surface area contributed by atoms with E-state index in [0.29, 0.717) is 51.1 Å². The molecule has 0 spiro atoms. The van der Waals surface area contributed by atoms with Crippen LogP contribution in [0.4, 0.5) is 5.69 Å². The molecule has 1 aromatic rings. The zero-order valence-corrected chi connectivity index (χ0v) is 10.4. The largest absolute Gasteiger partial charge is 0.487 e. The van der Waals surface area contributed by atoms with E-state index in [1.54, 1.807) is 0 Å². The summed E-state index contributed by atoms with van der Waals surface area (Å²) in [4.78, 5) is 10.3. The molecule has 7 nitrogen and oxygen atoms in total. The van der Waals surface area contributed by atoms with E-state index >= 15 is 0 Å². The van der Waals surface area contributed by atoms with Crippen molar-refractivity contribution in [3.8, 4) is 11.5 Å². The second-order valence-corrected chi connectivity index (χ2v) is 3.81. The Hall–Kier alpha value is -1.86. The summed E-state index contributed by atoms with van der Waals surface area (Å²) in [6.07, 6.45) is 0. The molecule has 0 aliphatic carbocycles. The molecule has 1 aromatic carbocycles. The summed E-state index contributed by atoms with van der Waals surface area (Å²) in [5.74, 6) is 0.813. The monoisotopic (exact) mass is 269 g/mol. The third-order valence-corrected chi connectivity index (χ3v) is 2.48. The molecule has 2 rings (SSSR count). The fraction of sp³-hybridized carbons (Fsp3) is 0.500. The standard InChI is InChI=1S/C12H15NO6/c14-13(15)10-1-2-11-12(9-10)19-8-6-17-4-3-16-5-7-18-11/h1-2,9H,3-8H2. The second kappa shape index (κ2) is 6.91. The van der Waals surface area contributed by atoms with Crippen LogP contribution in [0.2, 0.25) is 0 Å². The van der Waals surface area contributed by atoms with Gasteiger partial charge in [-0.15, -0.1) is 0 Å². The van der Waals surface area contributed by atoms with Gasteiger partial charge in [0, 0.05) is 6.07 Å². The van der Waals surface area contributed by atoms with Gasteiger partial charge in [0.05, 0.1) is 37.4 Å². The van der Waals surface area contributed by atoms with Gasteiger partial charge in [-0.05, 0) is 6.07 Å². The molecule has 7 heteroatoms. The summed E-state index contributed by atoms with van der Waals surface area (Å²) in [6, 6.07) is 4.26. The van der Waals surface area contributed by atoms with Gasteiger partial charge in [-0.2, -0.15) is 0 Å². The molecule has 0 N–H and O–H groups in total. The van der Waals surface area contributed by atoms with Gasteiger partial charge in [-0.1, -0.05) is 0 Å². The molecule has 19 heavy (non-hydrogen) atoms. The third-order valence-electron chi connectivity index (χ3n) is 2.48. The van der Waals surface area contributed by atoms with Crippen LogP contribution < -0.4 is 9.47 Å². The van der Waals surface area contributed by atoms with Crippen molar-refractivity contribution < 1.29 is 23.9 Å². The van der Waals surface area contributed by atoms with Crippen LogP contribution in [-0.4, -0.2) is 44.6 Å². The molecule has 1 aliphatic rings. The highest BCUT2D eigenvalue weighted by molar-refractivity contribution is 5.48. The average molecular weight is 269 g/mol. The molecule has 0 saturated carbocycles. The van der Waals surface area contributed by atoms with Crippen molar-refractivity contribution in [2.24, 2.45) is 0 Å². The van der Waals surface area contributed by atoms with Crippen molar-refractivity contribution >= 4 is 5.69 Å². The van der Waals surface area contributed by atoms with Gasteiger partial charge in [-0.25, -0.2) is 0 Å². The first-order valence-electron chi connectivity index (χ1n) is 5.97. The van der Waals surface area contributed by atoms with Crippen molar-refractivity contribution in [3.05, 3.63) is 28.3 Å². The van der Waals surface area contributed by atoms with Gasteiger partial charge < -0.3 is 18.9 Å². The fourth-order valence-electron chi connectivity index (χ4n) is 1.59. The normalized spacial score (nSPS) is 17.1. The van der Waals surface area contributed by atoms with Gasteiger partial charge in [0.15, 0.2) is 11.5 Å². The smallest absolute Gasteiger partial charge is 0.273 e. The van der Waals surface area contributed by atoms with E-state index in [9.17, 15) is 10.1 Å². The molecule has 0 radical (unpaired) electrons. The Bertz CT molecular complexity index is 436. The minimum absolute atomic E-state index is 0.0355. The Morgan fingerprint density at radius 2 is 1.47 bits per heavy atom. The van der Waals surface area contributed by atoms with E-state index in [-0.39, 0.29) is 5.69 Å². The molecule has 1 aliphatic heterocycles. The molecule has 0 aromatic heterocycles. The van der Waals surface area contributed by atoms with Crippen LogP contribution in [0.5, 0.6) is 11.5 Å². The molecular formula is C12H15NO6. The number of benzene rings is 1. The first kappa shape index (κ1) is 13.6. The lowest BCUT2D eigenvalue weighted by molar-refractivity contribution is -0.385. The highest BCUT2D eigenvalue weighted by Gasteiger charge is 2.13. The number of rotatable bonds is 1. The first-order valence-corrected chi connectivity index (χ1v) is 5.97. The van der Waals surface area contributed by atoms with Crippen LogP contribution in [0.15, 0.2) is 18.2 Å². The zero-order valence-electron chi connectivity index (χ0n) is 10.4. The van der Waals surface area contributed by atoms with E-state index in [0.717, 1.165) is 0 Å². The number of nitro groups is 1. The molecule has 0 bridgehead atoms.